The fourth-order valence-electron chi connectivity index (χ4n) is 2.56. The lowest BCUT2D eigenvalue weighted by Gasteiger charge is -2.34. The summed E-state index contributed by atoms with van der Waals surface area (Å²) in [5.41, 5.74) is 2.08. The average Bonchev–Trinajstić information content (AvgIpc) is 3.11. The predicted molar refractivity (Wildman–Crippen MR) is 104 cm³/mol. The lowest BCUT2D eigenvalue weighted by atomic mass is 10.2. The number of rotatable bonds is 3. The van der Waals surface area contributed by atoms with Crippen LogP contribution < -0.4 is 15.5 Å². The van der Waals surface area contributed by atoms with Gasteiger partial charge in [-0.25, -0.2) is 0 Å². The number of hydrogen-bond acceptors (Lipinski definition) is 5. The van der Waals surface area contributed by atoms with Crippen LogP contribution in [0.5, 0.6) is 0 Å². The zero-order chi connectivity index (χ0) is 16.9. The van der Waals surface area contributed by atoms with Crippen molar-refractivity contribution in [3.05, 3.63) is 46.7 Å². The van der Waals surface area contributed by atoms with Gasteiger partial charge in [0.15, 0.2) is 5.11 Å². The smallest absolute Gasteiger partial charge is 0.267 e. The van der Waals surface area contributed by atoms with Gasteiger partial charge in [-0.2, -0.15) is 0 Å². The van der Waals surface area contributed by atoms with Gasteiger partial charge in [-0.1, -0.05) is 6.07 Å². The minimum atomic E-state index is -0.184. The minimum absolute atomic E-state index is 0.184. The van der Waals surface area contributed by atoms with Crippen LogP contribution >= 0.6 is 23.6 Å². The molecule has 7 heteroatoms. The summed E-state index contributed by atoms with van der Waals surface area (Å²) in [6.07, 6.45) is 0. The summed E-state index contributed by atoms with van der Waals surface area (Å²) in [7, 11) is 2.15. The Morgan fingerprint density at radius 2 is 1.83 bits per heavy atom. The van der Waals surface area contributed by atoms with Gasteiger partial charge in [0.1, 0.15) is 0 Å². The Morgan fingerprint density at radius 3 is 2.46 bits per heavy atom. The van der Waals surface area contributed by atoms with Gasteiger partial charge >= 0.3 is 0 Å². The van der Waals surface area contributed by atoms with Crippen molar-refractivity contribution in [2.45, 2.75) is 0 Å². The molecule has 1 fully saturated rings. The second kappa shape index (κ2) is 7.74. The molecule has 2 N–H and O–H groups in total. The summed E-state index contributed by atoms with van der Waals surface area (Å²) in [6.45, 7) is 4.24. The van der Waals surface area contributed by atoms with Gasteiger partial charge in [0.05, 0.1) is 4.88 Å². The van der Waals surface area contributed by atoms with Crippen LogP contribution in [-0.4, -0.2) is 49.1 Å². The first kappa shape index (κ1) is 16.9. The number of piperazine rings is 1. The molecule has 1 amide bonds. The lowest BCUT2D eigenvalue weighted by molar-refractivity contribution is 0.0981. The fourth-order valence-corrected chi connectivity index (χ4v) is 3.38. The van der Waals surface area contributed by atoms with E-state index < -0.39 is 0 Å². The van der Waals surface area contributed by atoms with Crippen molar-refractivity contribution in [1.82, 2.24) is 10.2 Å². The van der Waals surface area contributed by atoms with Crippen LogP contribution in [-0.2, 0) is 0 Å². The largest absolute Gasteiger partial charge is 0.369 e. The average molecular weight is 361 g/mol. The molecular weight excluding hydrogens is 340 g/mol. The molecule has 0 atom stereocenters. The lowest BCUT2D eigenvalue weighted by Crippen LogP contribution is -2.44. The number of thiophene rings is 1. The third kappa shape index (κ3) is 4.31. The number of amides is 1. The van der Waals surface area contributed by atoms with Crippen molar-refractivity contribution in [3.63, 3.8) is 0 Å². The molecule has 2 aromatic rings. The first-order valence-electron chi connectivity index (χ1n) is 7.81. The molecule has 2 heterocycles. The van der Waals surface area contributed by atoms with Crippen LogP contribution in [0.25, 0.3) is 0 Å². The standard InChI is InChI=1S/C17H20N4OS2/c1-20-8-10-21(11-9-20)14-6-4-13(5-7-14)18-17(23)19-16(22)15-3-2-12-24-15/h2-7,12H,8-11H2,1H3,(H2,18,19,22,23). The maximum absolute atomic E-state index is 12.0. The van der Waals surface area contributed by atoms with Gasteiger partial charge in [0.2, 0.25) is 0 Å². The molecule has 0 aliphatic carbocycles. The fraction of sp³-hybridized carbons (Fsp3) is 0.294. The third-order valence-electron chi connectivity index (χ3n) is 3.97. The molecule has 24 heavy (non-hydrogen) atoms. The molecule has 126 valence electrons. The monoisotopic (exact) mass is 360 g/mol. The number of anilines is 2. The van der Waals surface area contributed by atoms with Crippen LogP contribution in [0, 0.1) is 0 Å². The Kier molecular flexibility index (Phi) is 5.44. The van der Waals surface area contributed by atoms with E-state index in [1.54, 1.807) is 6.07 Å². The number of nitrogens with zero attached hydrogens (tertiary/aromatic N) is 2. The number of hydrogen-bond donors (Lipinski definition) is 2. The molecule has 0 radical (unpaired) electrons. The minimum Gasteiger partial charge on any atom is -0.369 e. The number of benzene rings is 1. The highest BCUT2D eigenvalue weighted by Gasteiger charge is 2.14. The highest BCUT2D eigenvalue weighted by molar-refractivity contribution is 7.80. The molecular formula is C17H20N4OS2. The van der Waals surface area contributed by atoms with Gasteiger partial charge in [-0.05, 0) is 55.0 Å². The van der Waals surface area contributed by atoms with Crippen molar-refractivity contribution in [3.8, 4) is 0 Å². The number of carbonyl (C=O) groups excluding carboxylic acids is 1. The Balaban J connectivity index is 1.54. The number of carbonyl (C=O) groups is 1. The molecule has 5 nitrogen and oxygen atoms in total. The summed E-state index contributed by atoms with van der Waals surface area (Å²) in [6, 6.07) is 11.7. The van der Waals surface area contributed by atoms with Crippen molar-refractivity contribution < 1.29 is 4.79 Å². The van der Waals surface area contributed by atoms with Gasteiger partial charge in [0, 0.05) is 37.6 Å². The van der Waals surface area contributed by atoms with Crippen LogP contribution in [0.1, 0.15) is 9.67 Å². The normalized spacial score (nSPS) is 15.1. The van der Waals surface area contributed by atoms with E-state index in [0.717, 1.165) is 31.9 Å². The van der Waals surface area contributed by atoms with Gasteiger partial charge in [0.25, 0.3) is 5.91 Å². The predicted octanol–water partition coefficient (Wildman–Crippen LogP) is 2.63. The maximum Gasteiger partial charge on any atom is 0.267 e. The zero-order valence-electron chi connectivity index (χ0n) is 13.5. The molecule has 0 bridgehead atoms. The van der Waals surface area contributed by atoms with E-state index in [1.807, 2.05) is 23.6 Å². The summed E-state index contributed by atoms with van der Waals surface area (Å²) < 4.78 is 0. The number of thiocarbonyl (C=S) groups is 1. The molecule has 0 spiro atoms. The Labute approximate surface area is 151 Å². The Bertz CT molecular complexity index is 692. The van der Waals surface area contributed by atoms with Crippen LogP contribution in [0.15, 0.2) is 41.8 Å². The molecule has 1 aromatic heterocycles. The Morgan fingerprint density at radius 1 is 1.12 bits per heavy atom. The van der Waals surface area contributed by atoms with Crippen molar-refractivity contribution in [2.75, 3.05) is 43.4 Å². The first-order valence-corrected chi connectivity index (χ1v) is 9.10. The van der Waals surface area contributed by atoms with Crippen LogP contribution in [0.2, 0.25) is 0 Å². The topological polar surface area (TPSA) is 47.6 Å². The van der Waals surface area contributed by atoms with Gasteiger partial charge in [-0.15, -0.1) is 11.3 Å². The first-order chi connectivity index (χ1) is 11.6. The second-order valence-electron chi connectivity index (χ2n) is 5.72. The van der Waals surface area contributed by atoms with E-state index in [1.165, 1.54) is 17.0 Å². The highest BCUT2D eigenvalue weighted by atomic mass is 32.1. The molecule has 1 aromatic carbocycles. The van der Waals surface area contributed by atoms with Crippen LogP contribution in [0.3, 0.4) is 0 Å². The Hall–Kier alpha value is -1.96. The van der Waals surface area contributed by atoms with E-state index in [9.17, 15) is 4.79 Å². The van der Waals surface area contributed by atoms with Gasteiger partial charge in [-0.3, -0.25) is 10.1 Å². The van der Waals surface area contributed by atoms with Crippen molar-refractivity contribution in [2.24, 2.45) is 0 Å². The van der Waals surface area contributed by atoms with E-state index in [0.29, 0.717) is 9.99 Å². The molecule has 0 unspecified atom stereocenters. The molecule has 0 saturated carbocycles. The maximum atomic E-state index is 12.0. The summed E-state index contributed by atoms with van der Waals surface area (Å²) in [4.78, 5) is 17.3. The van der Waals surface area contributed by atoms with E-state index >= 15 is 0 Å². The molecule has 3 rings (SSSR count). The number of nitrogens with one attached hydrogen (secondary N) is 2. The quantitative estimate of drug-likeness (QED) is 0.824. The number of likely N-dealkylation sites (N-methyl/N-ethyl adjacent to an activating group) is 1. The summed E-state index contributed by atoms with van der Waals surface area (Å²) in [5.74, 6) is -0.184. The highest BCUT2D eigenvalue weighted by Crippen LogP contribution is 2.19. The summed E-state index contributed by atoms with van der Waals surface area (Å²) >= 11 is 6.59. The molecule has 1 saturated heterocycles. The van der Waals surface area contributed by atoms with E-state index in [2.05, 4.69) is 39.6 Å². The SMILES string of the molecule is CN1CCN(c2ccc(NC(=S)NC(=O)c3cccs3)cc2)CC1. The third-order valence-corrected chi connectivity index (χ3v) is 5.04. The molecule has 1 aliphatic heterocycles. The van der Waals surface area contributed by atoms with Gasteiger partial charge < -0.3 is 15.1 Å². The van der Waals surface area contributed by atoms with Crippen molar-refractivity contribution >= 4 is 45.9 Å². The van der Waals surface area contributed by atoms with E-state index in [-0.39, 0.29) is 5.91 Å². The summed E-state index contributed by atoms with van der Waals surface area (Å²) in [5, 5.41) is 7.91. The second-order valence-corrected chi connectivity index (χ2v) is 7.08. The van der Waals surface area contributed by atoms with Crippen molar-refractivity contribution in [1.29, 1.82) is 0 Å². The zero-order valence-corrected chi connectivity index (χ0v) is 15.1. The molecule has 1 aliphatic rings. The van der Waals surface area contributed by atoms with Crippen LogP contribution in [0.4, 0.5) is 11.4 Å². The van der Waals surface area contributed by atoms with E-state index in [4.69, 9.17) is 12.2 Å².